The van der Waals surface area contributed by atoms with Crippen molar-refractivity contribution in [3.63, 3.8) is 0 Å². The molecular formula is C21H23F3N2O3S. The van der Waals surface area contributed by atoms with Crippen LogP contribution in [0.2, 0.25) is 0 Å². The van der Waals surface area contributed by atoms with E-state index in [4.69, 9.17) is 4.74 Å². The summed E-state index contributed by atoms with van der Waals surface area (Å²) in [6.07, 6.45) is -1.42. The van der Waals surface area contributed by atoms with E-state index < -0.39 is 17.7 Å². The standard InChI is InChI=1S/C21H23F3N2O3S/c1-13-5-3-4-10-26(13)17-8-7-15(21(22,23)24)12-16(17)25-30-19-11-14(20(27)28)6-9-18(19)29-2/h6-9,11-13,25H,3-5,10H2,1-2H3,(H,27,28). The molecule has 1 fully saturated rings. The second-order valence-corrected chi connectivity index (χ2v) is 7.99. The Labute approximate surface area is 177 Å². The second kappa shape index (κ2) is 9.07. The van der Waals surface area contributed by atoms with Crippen LogP contribution in [0.15, 0.2) is 41.3 Å². The molecule has 0 saturated carbocycles. The summed E-state index contributed by atoms with van der Waals surface area (Å²) in [5.74, 6) is -0.668. The van der Waals surface area contributed by atoms with Crippen LogP contribution in [0.4, 0.5) is 24.5 Å². The number of ether oxygens (including phenoxy) is 1. The number of nitrogens with zero attached hydrogens (tertiary/aromatic N) is 1. The number of carboxylic acids is 1. The van der Waals surface area contributed by atoms with Gasteiger partial charge in [0.2, 0.25) is 0 Å². The van der Waals surface area contributed by atoms with Gasteiger partial charge < -0.3 is 19.5 Å². The summed E-state index contributed by atoms with van der Waals surface area (Å²) in [5, 5.41) is 9.23. The predicted molar refractivity (Wildman–Crippen MR) is 112 cm³/mol. The first-order chi connectivity index (χ1) is 14.2. The summed E-state index contributed by atoms with van der Waals surface area (Å²) in [7, 11) is 1.45. The third-order valence-electron chi connectivity index (χ3n) is 5.12. The smallest absolute Gasteiger partial charge is 0.416 e. The number of rotatable bonds is 6. The average molecular weight is 440 g/mol. The van der Waals surface area contributed by atoms with Crippen molar-refractivity contribution in [3.05, 3.63) is 47.5 Å². The van der Waals surface area contributed by atoms with Gasteiger partial charge in [0.1, 0.15) is 5.75 Å². The van der Waals surface area contributed by atoms with E-state index in [1.807, 2.05) is 0 Å². The number of carboxylic acid groups (broad SMARTS) is 1. The largest absolute Gasteiger partial charge is 0.496 e. The summed E-state index contributed by atoms with van der Waals surface area (Å²) < 4.78 is 48.2. The summed E-state index contributed by atoms with van der Waals surface area (Å²) in [5.41, 5.74) is 0.335. The number of carbonyl (C=O) groups is 1. The number of nitrogens with one attached hydrogen (secondary N) is 1. The Bertz CT molecular complexity index is 921. The lowest BCUT2D eigenvalue weighted by Crippen LogP contribution is -2.37. The number of anilines is 2. The van der Waals surface area contributed by atoms with Crippen molar-refractivity contribution in [2.24, 2.45) is 0 Å². The number of methoxy groups -OCH3 is 1. The Morgan fingerprint density at radius 2 is 2.00 bits per heavy atom. The van der Waals surface area contributed by atoms with Crippen molar-refractivity contribution in [2.75, 3.05) is 23.3 Å². The second-order valence-electron chi connectivity index (χ2n) is 7.14. The highest BCUT2D eigenvalue weighted by Gasteiger charge is 2.32. The molecule has 0 bridgehead atoms. The van der Waals surface area contributed by atoms with Gasteiger partial charge >= 0.3 is 12.1 Å². The molecule has 1 heterocycles. The molecule has 9 heteroatoms. The van der Waals surface area contributed by atoms with Crippen molar-refractivity contribution in [1.29, 1.82) is 0 Å². The Morgan fingerprint density at radius 3 is 2.63 bits per heavy atom. The maximum absolute atomic E-state index is 13.3. The van der Waals surface area contributed by atoms with Gasteiger partial charge in [0.05, 0.1) is 34.5 Å². The van der Waals surface area contributed by atoms with Gasteiger partial charge in [0.25, 0.3) is 0 Å². The van der Waals surface area contributed by atoms with Crippen molar-refractivity contribution < 1.29 is 27.8 Å². The van der Waals surface area contributed by atoms with E-state index in [1.165, 1.54) is 31.4 Å². The minimum absolute atomic E-state index is 0.0639. The van der Waals surface area contributed by atoms with Crippen molar-refractivity contribution >= 4 is 29.3 Å². The molecule has 0 aromatic heterocycles. The molecule has 0 spiro atoms. The van der Waals surface area contributed by atoms with Crippen LogP contribution >= 0.6 is 11.9 Å². The maximum Gasteiger partial charge on any atom is 0.416 e. The molecule has 1 unspecified atom stereocenters. The van der Waals surface area contributed by atoms with Crippen molar-refractivity contribution in [1.82, 2.24) is 0 Å². The molecule has 2 N–H and O–H groups in total. The number of hydrogen-bond donors (Lipinski definition) is 2. The van der Waals surface area contributed by atoms with Gasteiger partial charge in [-0.05, 0) is 74.5 Å². The van der Waals surface area contributed by atoms with Crippen LogP contribution in [0.25, 0.3) is 0 Å². The van der Waals surface area contributed by atoms with Gasteiger partial charge in [-0.2, -0.15) is 13.2 Å². The molecule has 2 aromatic rings. The Morgan fingerprint density at radius 1 is 1.23 bits per heavy atom. The number of aromatic carboxylic acids is 1. The van der Waals surface area contributed by atoms with E-state index >= 15 is 0 Å². The maximum atomic E-state index is 13.3. The van der Waals surface area contributed by atoms with Crippen LogP contribution in [-0.2, 0) is 6.18 Å². The zero-order chi connectivity index (χ0) is 21.9. The lowest BCUT2D eigenvalue weighted by Gasteiger charge is -2.36. The van der Waals surface area contributed by atoms with E-state index in [1.54, 1.807) is 0 Å². The van der Waals surface area contributed by atoms with E-state index in [-0.39, 0.29) is 11.6 Å². The third kappa shape index (κ3) is 4.95. The molecule has 1 atom stereocenters. The fourth-order valence-corrected chi connectivity index (χ4v) is 4.32. The highest BCUT2D eigenvalue weighted by atomic mass is 32.2. The van der Waals surface area contributed by atoms with Gasteiger partial charge in [0.15, 0.2) is 0 Å². The molecule has 30 heavy (non-hydrogen) atoms. The zero-order valence-electron chi connectivity index (χ0n) is 16.6. The predicted octanol–water partition coefficient (Wildman–Crippen LogP) is 5.91. The molecule has 0 aliphatic carbocycles. The van der Waals surface area contributed by atoms with E-state index in [0.717, 1.165) is 49.9 Å². The summed E-state index contributed by atoms with van der Waals surface area (Å²) in [6.45, 7) is 2.83. The first-order valence-electron chi connectivity index (χ1n) is 9.52. The molecule has 1 aliphatic rings. The quantitative estimate of drug-likeness (QED) is 0.545. The molecular weight excluding hydrogens is 417 g/mol. The normalized spacial score (nSPS) is 17.0. The van der Waals surface area contributed by atoms with E-state index in [2.05, 4.69) is 16.5 Å². The van der Waals surface area contributed by atoms with Crippen LogP contribution < -0.4 is 14.4 Å². The number of halogens is 3. The Kier molecular flexibility index (Phi) is 6.70. The third-order valence-corrected chi connectivity index (χ3v) is 5.98. The summed E-state index contributed by atoms with van der Waals surface area (Å²) >= 11 is 1.02. The minimum atomic E-state index is -4.46. The molecule has 2 aromatic carbocycles. The van der Waals surface area contributed by atoms with Crippen molar-refractivity contribution in [3.8, 4) is 5.75 Å². The van der Waals surface area contributed by atoms with Crippen molar-refractivity contribution in [2.45, 2.75) is 43.3 Å². The molecule has 162 valence electrons. The fraction of sp³-hybridized carbons (Fsp3) is 0.381. The lowest BCUT2D eigenvalue weighted by molar-refractivity contribution is -0.137. The molecule has 1 aliphatic heterocycles. The number of hydrogen-bond acceptors (Lipinski definition) is 5. The topological polar surface area (TPSA) is 61.8 Å². The molecule has 1 saturated heterocycles. The average Bonchev–Trinajstić information content (AvgIpc) is 2.71. The van der Waals surface area contributed by atoms with Crippen LogP contribution in [-0.4, -0.2) is 30.8 Å². The van der Waals surface area contributed by atoms with Crippen LogP contribution in [0.5, 0.6) is 5.75 Å². The molecule has 0 radical (unpaired) electrons. The Hall–Kier alpha value is -2.55. The number of benzene rings is 2. The number of piperidine rings is 1. The first-order valence-corrected chi connectivity index (χ1v) is 10.3. The van der Waals surface area contributed by atoms with E-state index in [9.17, 15) is 23.1 Å². The highest BCUT2D eigenvalue weighted by molar-refractivity contribution is 8.00. The van der Waals surface area contributed by atoms with Gasteiger partial charge in [-0.25, -0.2) is 4.79 Å². The van der Waals surface area contributed by atoms with Gasteiger partial charge in [0, 0.05) is 12.6 Å². The fourth-order valence-electron chi connectivity index (χ4n) is 3.50. The van der Waals surface area contributed by atoms with Crippen LogP contribution in [0, 0.1) is 0 Å². The number of alkyl halides is 3. The van der Waals surface area contributed by atoms with Crippen LogP contribution in [0.3, 0.4) is 0 Å². The molecule has 5 nitrogen and oxygen atoms in total. The molecule has 3 rings (SSSR count). The Balaban J connectivity index is 1.95. The first kappa shape index (κ1) is 22.1. The monoisotopic (exact) mass is 440 g/mol. The van der Waals surface area contributed by atoms with Gasteiger partial charge in [-0.3, -0.25) is 0 Å². The van der Waals surface area contributed by atoms with Gasteiger partial charge in [-0.1, -0.05) is 0 Å². The lowest BCUT2D eigenvalue weighted by atomic mass is 10.0. The highest BCUT2D eigenvalue weighted by Crippen LogP contribution is 2.40. The SMILES string of the molecule is COc1ccc(C(=O)O)cc1SNc1cc(C(F)(F)F)ccc1N1CCCCC1C. The van der Waals surface area contributed by atoms with Crippen LogP contribution in [0.1, 0.15) is 42.1 Å². The molecule has 0 amide bonds. The van der Waals surface area contributed by atoms with Gasteiger partial charge in [-0.15, -0.1) is 0 Å². The zero-order valence-corrected chi connectivity index (χ0v) is 17.4. The minimum Gasteiger partial charge on any atom is -0.496 e. The van der Waals surface area contributed by atoms with E-state index in [0.29, 0.717) is 22.0 Å². The summed E-state index contributed by atoms with van der Waals surface area (Å²) in [4.78, 5) is 13.9. The summed E-state index contributed by atoms with van der Waals surface area (Å²) in [6, 6.07) is 8.26.